The molecule has 9 aromatic heterocycles. The number of thiophene rings is 2. The van der Waals surface area contributed by atoms with Crippen LogP contribution in [0.4, 0.5) is 0 Å². The van der Waals surface area contributed by atoms with E-state index in [1.807, 2.05) is 34.8 Å². The summed E-state index contributed by atoms with van der Waals surface area (Å²) >= 11 is 3.74. The minimum atomic E-state index is 0.905. The zero-order chi connectivity index (χ0) is 83.7. The molecule has 0 amide bonds. The second-order valence-electron chi connectivity index (χ2n) is 34.5. The third-order valence-electron chi connectivity index (χ3n) is 28.0. The Morgan fingerprint density at radius 3 is 0.907 bits per heavy atom. The molecule has 0 bridgehead atoms. The summed E-state index contributed by atoms with van der Waals surface area (Å²) < 4.78 is 38.4. The van der Waals surface area contributed by atoms with E-state index in [1.165, 1.54) is 225 Å². The number of para-hydroxylation sites is 1. The lowest BCUT2D eigenvalue weighted by Crippen LogP contribution is -1.94. The molecule has 0 spiro atoms. The summed E-state index contributed by atoms with van der Waals surface area (Å²) in [4.78, 5) is 0. The van der Waals surface area contributed by atoms with Crippen LogP contribution < -0.4 is 0 Å². The van der Waals surface area contributed by atoms with Gasteiger partial charge < -0.3 is 31.4 Å². The van der Waals surface area contributed by atoms with Gasteiger partial charge in [0.2, 0.25) is 0 Å². The predicted molar refractivity (Wildman–Crippen MR) is 547 cm³/mol. The molecule has 7 nitrogen and oxygen atoms in total. The fourth-order valence-electron chi connectivity index (χ4n) is 22.9. The second-order valence-corrected chi connectivity index (χ2v) is 36.7. The fraction of sp³-hybridized carbons (Fsp3) is 0. The number of hydrogen-bond acceptors (Lipinski definition) is 6. The highest BCUT2D eigenvalue weighted by Gasteiger charge is 2.29. The molecule has 0 aliphatic carbocycles. The maximum atomic E-state index is 6.54. The lowest BCUT2D eigenvalue weighted by molar-refractivity contribution is 0.668. The molecule has 0 fully saturated rings. The topological polar surface area (TPSA) is 67.3 Å². The monoisotopic (exact) mass is 1680 g/mol. The van der Waals surface area contributed by atoms with Crippen molar-refractivity contribution in [2.45, 2.75) is 0 Å². The van der Waals surface area contributed by atoms with Gasteiger partial charge in [-0.15, -0.1) is 22.7 Å². The van der Waals surface area contributed by atoms with Crippen LogP contribution in [0.5, 0.6) is 0 Å². The van der Waals surface area contributed by atoms with Gasteiger partial charge in [-0.05, 0) is 226 Å². The predicted octanol–water partition coefficient (Wildman–Crippen LogP) is 35.3. The first-order valence-electron chi connectivity index (χ1n) is 44.0. The molecule has 0 radical (unpaired) electrons. The molecular weight excluding hydrogens is 1610 g/mol. The van der Waals surface area contributed by atoms with Crippen molar-refractivity contribution >= 4 is 281 Å². The molecule has 0 N–H and O–H groups in total. The minimum Gasteiger partial charge on any atom is -0.456 e. The lowest BCUT2D eigenvalue weighted by atomic mass is 9.95. The van der Waals surface area contributed by atoms with Crippen LogP contribution in [0.25, 0.3) is 297 Å². The molecule has 129 heavy (non-hydrogen) atoms. The van der Waals surface area contributed by atoms with Crippen LogP contribution >= 0.6 is 22.7 Å². The Balaban J connectivity index is 0.0000000939. The molecular formula is C120H65N3O4S2. The lowest BCUT2D eigenvalue weighted by Gasteiger charge is -2.11. The van der Waals surface area contributed by atoms with Gasteiger partial charge in [0.05, 0.1) is 33.1 Å². The second kappa shape index (κ2) is 26.0. The summed E-state index contributed by atoms with van der Waals surface area (Å²) in [5.74, 6) is 0. The highest BCUT2D eigenvalue weighted by molar-refractivity contribution is 7.26. The summed E-state index contributed by atoms with van der Waals surface area (Å²) in [7, 11) is 0. The molecule has 0 saturated carbocycles. The van der Waals surface area contributed by atoms with E-state index in [0.717, 1.165) is 72.4 Å². The zero-order valence-electron chi connectivity index (χ0n) is 68.8. The van der Waals surface area contributed by atoms with Gasteiger partial charge >= 0.3 is 0 Å². The van der Waals surface area contributed by atoms with Crippen LogP contribution in [0.1, 0.15) is 0 Å². The molecule has 0 aliphatic heterocycles. The van der Waals surface area contributed by atoms with Crippen molar-refractivity contribution in [1.29, 1.82) is 0 Å². The Kier molecular flexibility index (Phi) is 14.1. The molecule has 32 rings (SSSR count). The third kappa shape index (κ3) is 9.57. The Morgan fingerprint density at radius 2 is 0.442 bits per heavy atom. The number of hydrogen-bond donors (Lipinski definition) is 0. The molecule has 0 unspecified atom stereocenters. The van der Waals surface area contributed by atoms with E-state index < -0.39 is 0 Å². The quantitative estimate of drug-likeness (QED) is 0.172. The van der Waals surface area contributed by atoms with Gasteiger partial charge in [0.25, 0.3) is 0 Å². The van der Waals surface area contributed by atoms with E-state index in [1.54, 1.807) is 0 Å². The number of benzene rings is 20. The third-order valence-corrected chi connectivity index (χ3v) is 30.3. The maximum Gasteiger partial charge on any atom is 0.136 e. The molecule has 9 heteroatoms. The summed E-state index contributed by atoms with van der Waals surface area (Å²) in [6, 6.07) is 143. The zero-order valence-corrected chi connectivity index (χ0v) is 70.5. The average Bonchev–Trinajstić information content (AvgIpc) is 1.54. The van der Waals surface area contributed by atoms with Crippen molar-refractivity contribution in [1.82, 2.24) is 13.7 Å². The Labute approximate surface area is 740 Å². The van der Waals surface area contributed by atoms with Crippen molar-refractivity contribution in [3.63, 3.8) is 0 Å². The minimum absolute atomic E-state index is 0.905. The van der Waals surface area contributed by atoms with Crippen molar-refractivity contribution in [2.75, 3.05) is 0 Å². The van der Waals surface area contributed by atoms with Gasteiger partial charge in [0.1, 0.15) is 44.7 Å². The molecule has 596 valence electrons. The SMILES string of the molecule is c1cc(-c2cccc3oc4ccccc4c23)cc(-n2c3cccc4c5ccccc5c5cccc6oc7ccc2c(c7c65)c43)c1.c1cc(-c2cccc3sc4ccccc4c23)cc(-n2c3cccc4c5ccccc5c5cccc6oc7ccc2c(c7c65)c43)c1.c1ccc2c(c1)sc1cc(-n3c4cccc5c6ccccc6c6cccc7oc8ccc3c(c8c76)c54)ccc12. The van der Waals surface area contributed by atoms with Gasteiger partial charge in [0, 0.05) is 133 Å². The number of nitrogens with zero attached hydrogens (tertiary/aromatic N) is 3. The van der Waals surface area contributed by atoms with Gasteiger partial charge in [-0.2, -0.15) is 0 Å². The Hall–Kier alpha value is -16.6. The Bertz CT molecular complexity index is 10100. The Morgan fingerprint density at radius 1 is 0.147 bits per heavy atom. The normalized spacial score (nSPS) is 12.5. The maximum absolute atomic E-state index is 6.54. The standard InChI is InChI=1S/C42H23NO2.C42H23NOS.C36H19NOS/c1-2-12-28-27(11-1)29-15-6-17-32-39(29)41-33(21-22-37-42(41)40-30(28)16-8-20-36(40)45-37)43(32)25-10-5-9-24(23-25)26-14-7-19-35-38(26)31-13-3-4-18-34(31)44-35;1-2-12-28-27(11-1)29-15-6-17-32-39(29)41-33(21-22-35-42(41)40-30(28)16-7-18-34(40)44-35)43(32)25-10-5-9-24(23-25)26-14-8-20-37-38(26)31-13-3-4-19-36(31)45-37;1-2-8-22-21(7-1)25-10-5-12-27-33(25)35-28(17-18-30-36(35)34-26(22)11-6-13-29(34)38-30)37(27)20-15-16-24-23-9-3-4-14-31(23)39-32(24)19-20/h2*1-23H;1-19H. The smallest absolute Gasteiger partial charge is 0.136 e. The van der Waals surface area contributed by atoms with Gasteiger partial charge in [-0.25, -0.2) is 0 Å². The molecule has 0 atom stereocenters. The van der Waals surface area contributed by atoms with E-state index in [2.05, 4.69) is 396 Å². The van der Waals surface area contributed by atoms with E-state index in [0.29, 0.717) is 0 Å². The summed E-state index contributed by atoms with van der Waals surface area (Å²) in [6.45, 7) is 0. The first-order valence-corrected chi connectivity index (χ1v) is 45.6. The van der Waals surface area contributed by atoms with Crippen LogP contribution in [0, 0.1) is 0 Å². The van der Waals surface area contributed by atoms with E-state index >= 15 is 0 Å². The number of furan rings is 4. The van der Waals surface area contributed by atoms with Crippen molar-refractivity contribution in [2.24, 2.45) is 0 Å². The largest absolute Gasteiger partial charge is 0.456 e. The van der Waals surface area contributed by atoms with E-state index in [9.17, 15) is 0 Å². The summed E-state index contributed by atoms with van der Waals surface area (Å²) in [5, 5.41) is 37.3. The number of fused-ring (bicyclic) bond motifs is 18. The molecule has 9 heterocycles. The van der Waals surface area contributed by atoms with Crippen LogP contribution in [-0.4, -0.2) is 13.7 Å². The van der Waals surface area contributed by atoms with E-state index in [-0.39, 0.29) is 0 Å². The van der Waals surface area contributed by atoms with Crippen LogP contribution in [0.2, 0.25) is 0 Å². The molecule has 0 saturated heterocycles. The summed E-state index contributed by atoms with van der Waals surface area (Å²) in [6.07, 6.45) is 0. The van der Waals surface area contributed by atoms with Crippen LogP contribution in [0.3, 0.4) is 0 Å². The number of rotatable bonds is 5. The van der Waals surface area contributed by atoms with Gasteiger partial charge in [-0.1, -0.05) is 255 Å². The van der Waals surface area contributed by atoms with Crippen LogP contribution in [0.15, 0.2) is 412 Å². The fourth-order valence-corrected chi connectivity index (χ4v) is 25.2. The van der Waals surface area contributed by atoms with Crippen molar-refractivity contribution < 1.29 is 17.7 Å². The summed E-state index contributed by atoms with van der Waals surface area (Å²) in [5.41, 5.74) is 22.9. The molecule has 23 aromatic carbocycles. The highest BCUT2D eigenvalue weighted by Crippen LogP contribution is 2.54. The van der Waals surface area contributed by atoms with Gasteiger partial charge in [-0.3, -0.25) is 0 Å². The molecule has 32 aromatic rings. The number of aromatic nitrogens is 3. The van der Waals surface area contributed by atoms with Crippen LogP contribution in [-0.2, 0) is 0 Å². The first-order chi connectivity index (χ1) is 64.0. The van der Waals surface area contributed by atoms with Crippen molar-refractivity contribution in [3.8, 4) is 39.3 Å². The highest BCUT2D eigenvalue weighted by atomic mass is 32.1. The molecule has 0 aliphatic rings. The first kappa shape index (κ1) is 69.8. The van der Waals surface area contributed by atoms with Crippen molar-refractivity contribution in [3.05, 3.63) is 394 Å². The van der Waals surface area contributed by atoms with E-state index in [4.69, 9.17) is 17.7 Å². The van der Waals surface area contributed by atoms with Gasteiger partial charge in [0.15, 0.2) is 0 Å². The average molecular weight is 1680 g/mol.